The van der Waals surface area contributed by atoms with E-state index in [9.17, 15) is 4.79 Å². The molecule has 0 aliphatic carbocycles. The average molecular weight is 392 g/mol. The van der Waals surface area contributed by atoms with E-state index in [4.69, 9.17) is 4.74 Å². The molecule has 142 valence electrons. The monoisotopic (exact) mass is 392 g/mol. The number of amides is 1. The van der Waals surface area contributed by atoms with Crippen molar-refractivity contribution in [2.45, 2.75) is 13.0 Å². The minimum atomic E-state index is -0.415. The molecule has 2 aromatic heterocycles. The molecule has 0 fully saturated rings. The van der Waals surface area contributed by atoms with Crippen LogP contribution in [-0.4, -0.2) is 29.0 Å². The second-order valence-corrected chi connectivity index (χ2v) is 7.23. The van der Waals surface area contributed by atoms with Crippen LogP contribution in [0.4, 0.5) is 10.8 Å². The number of hydrogen-bond donors (Lipinski definition) is 3. The Hall–Kier alpha value is -3.32. The third-order valence-electron chi connectivity index (χ3n) is 4.47. The first kappa shape index (κ1) is 18.1. The number of thiazole rings is 1. The van der Waals surface area contributed by atoms with Gasteiger partial charge in [-0.2, -0.15) is 0 Å². The minimum Gasteiger partial charge on any atom is -0.497 e. The number of anilines is 2. The van der Waals surface area contributed by atoms with Crippen molar-refractivity contribution < 1.29 is 9.53 Å². The van der Waals surface area contributed by atoms with E-state index in [1.54, 1.807) is 7.11 Å². The van der Waals surface area contributed by atoms with E-state index in [2.05, 4.69) is 20.6 Å². The van der Waals surface area contributed by atoms with Gasteiger partial charge in [-0.3, -0.25) is 4.79 Å². The number of benzene rings is 2. The highest BCUT2D eigenvalue weighted by Gasteiger charge is 2.16. The second-order valence-electron chi connectivity index (χ2n) is 6.37. The molecule has 0 radical (unpaired) electrons. The van der Waals surface area contributed by atoms with Crippen LogP contribution in [0.5, 0.6) is 5.75 Å². The minimum absolute atomic E-state index is 0.140. The molecule has 4 aromatic rings. The molecule has 0 bridgehead atoms. The molecule has 7 heteroatoms. The molecule has 0 aliphatic heterocycles. The number of hydrogen-bond acceptors (Lipinski definition) is 5. The smallest absolute Gasteiger partial charge is 0.248 e. The quantitative estimate of drug-likeness (QED) is 0.443. The van der Waals surface area contributed by atoms with Crippen molar-refractivity contribution >= 4 is 39.0 Å². The molecule has 1 unspecified atom stereocenters. The third kappa shape index (κ3) is 3.70. The summed E-state index contributed by atoms with van der Waals surface area (Å²) < 4.78 is 5.18. The zero-order valence-electron chi connectivity index (χ0n) is 15.5. The van der Waals surface area contributed by atoms with Crippen LogP contribution in [0.1, 0.15) is 6.92 Å². The number of methoxy groups -OCH3 is 1. The van der Waals surface area contributed by atoms with Crippen molar-refractivity contribution in [2.24, 2.45) is 0 Å². The van der Waals surface area contributed by atoms with Gasteiger partial charge in [-0.15, -0.1) is 11.3 Å². The zero-order chi connectivity index (χ0) is 19.5. The van der Waals surface area contributed by atoms with Crippen molar-refractivity contribution in [3.8, 4) is 17.0 Å². The fourth-order valence-electron chi connectivity index (χ4n) is 2.94. The maximum Gasteiger partial charge on any atom is 0.248 e. The zero-order valence-corrected chi connectivity index (χ0v) is 16.3. The molecule has 2 heterocycles. The van der Waals surface area contributed by atoms with Gasteiger partial charge in [-0.05, 0) is 43.3 Å². The first-order chi connectivity index (χ1) is 13.6. The summed E-state index contributed by atoms with van der Waals surface area (Å²) in [5.74, 6) is 0.656. The topological polar surface area (TPSA) is 79.0 Å². The Morgan fingerprint density at radius 1 is 1.18 bits per heavy atom. The molecule has 0 saturated carbocycles. The van der Waals surface area contributed by atoms with Crippen LogP contribution < -0.4 is 15.4 Å². The molecule has 1 amide bonds. The Kier molecular flexibility index (Phi) is 4.99. The molecular weight excluding hydrogens is 372 g/mol. The summed E-state index contributed by atoms with van der Waals surface area (Å²) in [6.45, 7) is 1.83. The third-order valence-corrected chi connectivity index (χ3v) is 5.23. The molecule has 28 heavy (non-hydrogen) atoms. The van der Waals surface area contributed by atoms with Crippen molar-refractivity contribution in [1.29, 1.82) is 0 Å². The summed E-state index contributed by atoms with van der Waals surface area (Å²) in [5, 5.41) is 9.75. The molecule has 6 nitrogen and oxygen atoms in total. The van der Waals surface area contributed by atoms with Crippen molar-refractivity contribution in [3.63, 3.8) is 0 Å². The molecule has 1 atom stereocenters. The molecule has 2 aromatic carbocycles. The lowest BCUT2D eigenvalue weighted by Crippen LogP contribution is -2.31. The largest absolute Gasteiger partial charge is 0.497 e. The summed E-state index contributed by atoms with van der Waals surface area (Å²) in [5.41, 5.74) is 3.67. The standard InChI is InChI=1S/C21H20N4O2S/c1-13(23-17-5-3-4-15-10-11-22-19(15)17)20(26)25-21-24-18(12-28-21)14-6-8-16(27-2)9-7-14/h3-13,22-23H,1-2H3,(H,24,25,26). The van der Waals surface area contributed by atoms with Gasteiger partial charge in [-0.25, -0.2) is 4.98 Å². The summed E-state index contributed by atoms with van der Waals surface area (Å²) in [6.07, 6.45) is 1.89. The van der Waals surface area contributed by atoms with Crippen molar-refractivity contribution in [1.82, 2.24) is 9.97 Å². The van der Waals surface area contributed by atoms with E-state index >= 15 is 0 Å². The molecule has 3 N–H and O–H groups in total. The summed E-state index contributed by atoms with van der Waals surface area (Å²) in [6, 6.07) is 15.2. The first-order valence-electron chi connectivity index (χ1n) is 8.87. The van der Waals surface area contributed by atoms with Crippen molar-refractivity contribution in [2.75, 3.05) is 17.7 Å². The van der Waals surface area contributed by atoms with E-state index in [0.29, 0.717) is 5.13 Å². The number of carbonyl (C=O) groups excluding carboxylic acids is 1. The van der Waals surface area contributed by atoms with E-state index in [-0.39, 0.29) is 5.91 Å². The van der Waals surface area contributed by atoms with Crippen LogP contribution in [0.3, 0.4) is 0 Å². The van der Waals surface area contributed by atoms with Crippen LogP contribution in [0.15, 0.2) is 60.1 Å². The molecule has 0 saturated heterocycles. The highest BCUT2D eigenvalue weighted by Crippen LogP contribution is 2.27. The number of nitrogens with zero attached hydrogens (tertiary/aromatic N) is 1. The van der Waals surface area contributed by atoms with E-state index in [0.717, 1.165) is 33.6 Å². The lowest BCUT2D eigenvalue weighted by Gasteiger charge is -2.15. The van der Waals surface area contributed by atoms with Crippen LogP contribution in [0.25, 0.3) is 22.2 Å². The predicted octanol–water partition coefficient (Wildman–Crippen LogP) is 4.74. The number of carbonyl (C=O) groups is 1. The van der Waals surface area contributed by atoms with E-state index < -0.39 is 6.04 Å². The molecule has 0 spiro atoms. The Bertz CT molecular complexity index is 1100. The summed E-state index contributed by atoms with van der Waals surface area (Å²) in [4.78, 5) is 20.3. The van der Waals surface area contributed by atoms with Crippen LogP contribution in [0.2, 0.25) is 0 Å². The number of aromatic amines is 1. The number of H-pyrrole nitrogens is 1. The molecule has 4 rings (SSSR count). The fourth-order valence-corrected chi connectivity index (χ4v) is 3.67. The van der Waals surface area contributed by atoms with Gasteiger partial charge in [0, 0.05) is 22.5 Å². The maximum absolute atomic E-state index is 12.6. The van der Waals surface area contributed by atoms with Crippen LogP contribution >= 0.6 is 11.3 Å². The Morgan fingerprint density at radius 3 is 2.79 bits per heavy atom. The Morgan fingerprint density at radius 2 is 2.00 bits per heavy atom. The second kappa shape index (κ2) is 7.74. The Balaban J connectivity index is 1.43. The average Bonchev–Trinajstić information content (AvgIpc) is 3.38. The Labute approximate surface area is 166 Å². The maximum atomic E-state index is 12.6. The first-order valence-corrected chi connectivity index (χ1v) is 9.75. The van der Waals surface area contributed by atoms with Gasteiger partial charge in [0.1, 0.15) is 11.8 Å². The van der Waals surface area contributed by atoms with Gasteiger partial charge in [0.05, 0.1) is 24.0 Å². The fraction of sp³-hybridized carbons (Fsp3) is 0.143. The highest BCUT2D eigenvalue weighted by atomic mass is 32.1. The van der Waals surface area contributed by atoms with Gasteiger partial charge in [0.25, 0.3) is 0 Å². The number of para-hydroxylation sites is 1. The molecular formula is C21H20N4O2S. The lowest BCUT2D eigenvalue weighted by molar-refractivity contribution is -0.116. The highest BCUT2D eigenvalue weighted by molar-refractivity contribution is 7.14. The predicted molar refractivity (Wildman–Crippen MR) is 114 cm³/mol. The van der Waals surface area contributed by atoms with E-state index in [1.165, 1.54) is 11.3 Å². The van der Waals surface area contributed by atoms with E-state index in [1.807, 2.05) is 67.0 Å². The number of fused-ring (bicyclic) bond motifs is 1. The number of nitrogens with one attached hydrogen (secondary N) is 3. The van der Waals surface area contributed by atoms with Gasteiger partial charge >= 0.3 is 0 Å². The van der Waals surface area contributed by atoms with Gasteiger partial charge in [0.2, 0.25) is 5.91 Å². The number of ether oxygens (including phenoxy) is 1. The molecule has 0 aliphatic rings. The normalized spacial score (nSPS) is 11.9. The van der Waals surface area contributed by atoms with Gasteiger partial charge in [-0.1, -0.05) is 12.1 Å². The summed E-state index contributed by atoms with van der Waals surface area (Å²) in [7, 11) is 1.64. The van der Waals surface area contributed by atoms with Crippen LogP contribution in [-0.2, 0) is 4.79 Å². The lowest BCUT2D eigenvalue weighted by atomic mass is 10.2. The SMILES string of the molecule is COc1ccc(-c2csc(NC(=O)C(C)Nc3cccc4cc[nH]c34)n2)cc1. The number of aromatic nitrogens is 2. The van der Waals surface area contributed by atoms with Gasteiger partial charge in [0.15, 0.2) is 5.13 Å². The van der Waals surface area contributed by atoms with Gasteiger partial charge < -0.3 is 20.4 Å². The number of rotatable bonds is 6. The summed E-state index contributed by atoms with van der Waals surface area (Å²) >= 11 is 1.40. The van der Waals surface area contributed by atoms with Crippen molar-refractivity contribution in [3.05, 3.63) is 60.1 Å². The van der Waals surface area contributed by atoms with Crippen LogP contribution in [0, 0.1) is 0 Å².